The molecule has 18 heavy (non-hydrogen) atoms. The van der Waals surface area contributed by atoms with Crippen LogP contribution in [0.15, 0.2) is 24.3 Å². The zero-order chi connectivity index (χ0) is 13.5. The number of hydrogen-bond acceptors (Lipinski definition) is 5. The molecule has 1 aromatic rings. The van der Waals surface area contributed by atoms with Crippen molar-refractivity contribution in [1.82, 2.24) is 0 Å². The van der Waals surface area contributed by atoms with Crippen molar-refractivity contribution < 1.29 is 19.1 Å². The van der Waals surface area contributed by atoms with Crippen LogP contribution in [0, 0.1) is 0 Å². The van der Waals surface area contributed by atoms with Crippen LogP contribution < -0.4 is 11.1 Å². The van der Waals surface area contributed by atoms with Crippen molar-refractivity contribution in [2.45, 2.75) is 6.10 Å². The third kappa shape index (κ3) is 3.28. The minimum atomic E-state index is -0.754. The van der Waals surface area contributed by atoms with Gasteiger partial charge in [-0.2, -0.15) is 0 Å². The summed E-state index contributed by atoms with van der Waals surface area (Å²) < 4.78 is 9.53. The summed E-state index contributed by atoms with van der Waals surface area (Å²) in [5.41, 5.74) is 6.03. The summed E-state index contributed by atoms with van der Waals surface area (Å²) >= 11 is 0. The second kappa shape index (κ2) is 6.73. The van der Waals surface area contributed by atoms with Crippen LogP contribution in [0.25, 0.3) is 0 Å². The van der Waals surface area contributed by atoms with E-state index >= 15 is 0 Å². The molecule has 0 radical (unpaired) electrons. The largest absolute Gasteiger partial charge is 0.465 e. The molecule has 1 atom stereocenters. The highest BCUT2D eigenvalue weighted by Crippen LogP contribution is 2.16. The summed E-state index contributed by atoms with van der Waals surface area (Å²) in [6, 6.07) is 6.55. The van der Waals surface area contributed by atoms with Crippen LogP contribution in [0.3, 0.4) is 0 Å². The molecule has 0 aliphatic carbocycles. The van der Waals surface area contributed by atoms with Crippen molar-refractivity contribution in [2.24, 2.45) is 5.73 Å². The van der Waals surface area contributed by atoms with Gasteiger partial charge in [-0.25, -0.2) is 4.79 Å². The second-order valence-electron chi connectivity index (χ2n) is 3.49. The maximum absolute atomic E-state index is 11.8. The number of esters is 1. The lowest BCUT2D eigenvalue weighted by Crippen LogP contribution is -2.36. The Morgan fingerprint density at radius 3 is 2.56 bits per heavy atom. The summed E-state index contributed by atoms with van der Waals surface area (Å²) in [5, 5.41) is 2.58. The molecule has 1 amide bonds. The van der Waals surface area contributed by atoms with Gasteiger partial charge in [0.05, 0.1) is 18.4 Å². The molecule has 1 rings (SSSR count). The highest BCUT2D eigenvalue weighted by atomic mass is 16.5. The molecule has 0 aliphatic heterocycles. The molecule has 0 aliphatic rings. The smallest absolute Gasteiger partial charge is 0.339 e. The fourth-order valence-corrected chi connectivity index (χ4v) is 1.40. The molecule has 1 unspecified atom stereocenters. The van der Waals surface area contributed by atoms with Gasteiger partial charge in [-0.15, -0.1) is 0 Å². The maximum atomic E-state index is 11.8. The van der Waals surface area contributed by atoms with E-state index in [1.165, 1.54) is 14.2 Å². The predicted octanol–water partition coefficient (Wildman–Crippen LogP) is 0.385. The normalized spacial score (nSPS) is 11.7. The van der Waals surface area contributed by atoms with E-state index in [0.29, 0.717) is 5.69 Å². The van der Waals surface area contributed by atoms with Gasteiger partial charge < -0.3 is 20.5 Å². The first-order valence-corrected chi connectivity index (χ1v) is 5.35. The van der Waals surface area contributed by atoms with E-state index in [2.05, 4.69) is 10.1 Å². The molecule has 0 saturated heterocycles. The van der Waals surface area contributed by atoms with Crippen LogP contribution in [-0.4, -0.2) is 38.7 Å². The van der Waals surface area contributed by atoms with Crippen LogP contribution >= 0.6 is 0 Å². The van der Waals surface area contributed by atoms with Crippen LogP contribution in [-0.2, 0) is 14.3 Å². The first-order chi connectivity index (χ1) is 8.63. The first kappa shape index (κ1) is 14.1. The third-order valence-electron chi connectivity index (χ3n) is 2.38. The first-order valence-electron chi connectivity index (χ1n) is 5.35. The number of carbonyl (C=O) groups is 2. The Morgan fingerprint density at radius 2 is 2.00 bits per heavy atom. The molecule has 0 saturated carbocycles. The van der Waals surface area contributed by atoms with Crippen molar-refractivity contribution in [1.29, 1.82) is 0 Å². The summed E-state index contributed by atoms with van der Waals surface area (Å²) in [6.45, 7) is 0.0583. The van der Waals surface area contributed by atoms with Crippen molar-refractivity contribution in [3.8, 4) is 0 Å². The Hall–Kier alpha value is -1.92. The van der Waals surface area contributed by atoms with Crippen LogP contribution in [0.5, 0.6) is 0 Å². The van der Waals surface area contributed by atoms with E-state index in [9.17, 15) is 9.59 Å². The van der Waals surface area contributed by atoms with Crippen molar-refractivity contribution in [3.05, 3.63) is 29.8 Å². The minimum Gasteiger partial charge on any atom is -0.465 e. The molecular weight excluding hydrogens is 236 g/mol. The van der Waals surface area contributed by atoms with Gasteiger partial charge in [0.1, 0.15) is 6.10 Å². The number of para-hydroxylation sites is 1. The second-order valence-corrected chi connectivity index (χ2v) is 3.49. The Bertz CT molecular complexity index is 430. The van der Waals surface area contributed by atoms with Gasteiger partial charge in [0.15, 0.2) is 0 Å². The Morgan fingerprint density at radius 1 is 1.33 bits per heavy atom. The molecule has 6 heteroatoms. The number of hydrogen-bond donors (Lipinski definition) is 2. The van der Waals surface area contributed by atoms with Crippen molar-refractivity contribution in [3.63, 3.8) is 0 Å². The fraction of sp³-hybridized carbons (Fsp3) is 0.333. The van der Waals surface area contributed by atoms with E-state index in [1.807, 2.05) is 0 Å². The third-order valence-corrected chi connectivity index (χ3v) is 2.38. The quantitative estimate of drug-likeness (QED) is 0.739. The lowest BCUT2D eigenvalue weighted by atomic mass is 10.1. The number of ether oxygens (including phenoxy) is 2. The number of benzene rings is 1. The molecular formula is C12H16N2O4. The summed E-state index contributed by atoms with van der Waals surface area (Å²) in [5.74, 6) is -0.927. The van der Waals surface area contributed by atoms with Gasteiger partial charge in [0, 0.05) is 13.7 Å². The van der Waals surface area contributed by atoms with Gasteiger partial charge >= 0.3 is 5.97 Å². The average Bonchev–Trinajstić information content (AvgIpc) is 2.40. The van der Waals surface area contributed by atoms with E-state index in [4.69, 9.17) is 10.5 Å². The minimum absolute atomic E-state index is 0.0583. The van der Waals surface area contributed by atoms with Crippen molar-refractivity contribution >= 4 is 17.6 Å². The van der Waals surface area contributed by atoms with E-state index in [0.717, 1.165) is 0 Å². The number of rotatable bonds is 5. The number of nitrogens with one attached hydrogen (secondary N) is 1. The number of nitrogens with two attached hydrogens (primary N) is 1. The Kier molecular flexibility index (Phi) is 5.29. The molecule has 0 spiro atoms. The lowest BCUT2D eigenvalue weighted by Gasteiger charge is -2.14. The molecule has 6 nitrogen and oxygen atoms in total. The standard InChI is InChI=1S/C12H16N2O4/c1-17-10(7-13)11(15)14-9-6-4-3-5-8(9)12(16)18-2/h3-6,10H,7,13H2,1-2H3,(H,14,15). The van der Waals surface area contributed by atoms with Gasteiger partial charge in [0.25, 0.3) is 5.91 Å². The summed E-state index contributed by atoms with van der Waals surface area (Å²) in [4.78, 5) is 23.3. The molecule has 1 aromatic carbocycles. The molecule has 0 heterocycles. The Labute approximate surface area is 105 Å². The van der Waals surface area contributed by atoms with E-state index in [-0.39, 0.29) is 12.1 Å². The topological polar surface area (TPSA) is 90.7 Å². The number of anilines is 1. The summed E-state index contributed by atoms with van der Waals surface area (Å²) in [6.07, 6.45) is -0.754. The van der Waals surface area contributed by atoms with Gasteiger partial charge in [-0.1, -0.05) is 12.1 Å². The highest BCUT2D eigenvalue weighted by Gasteiger charge is 2.18. The predicted molar refractivity (Wildman–Crippen MR) is 66.3 cm³/mol. The number of amides is 1. The lowest BCUT2D eigenvalue weighted by molar-refractivity contribution is -0.125. The van der Waals surface area contributed by atoms with Crippen LogP contribution in [0.1, 0.15) is 10.4 Å². The molecule has 0 bridgehead atoms. The van der Waals surface area contributed by atoms with Crippen LogP contribution in [0.2, 0.25) is 0 Å². The van der Waals surface area contributed by atoms with Crippen LogP contribution in [0.4, 0.5) is 5.69 Å². The molecule has 3 N–H and O–H groups in total. The fourth-order valence-electron chi connectivity index (χ4n) is 1.40. The van der Waals surface area contributed by atoms with Gasteiger partial charge in [-0.05, 0) is 12.1 Å². The zero-order valence-electron chi connectivity index (χ0n) is 10.3. The Balaban J connectivity index is 2.90. The highest BCUT2D eigenvalue weighted by molar-refractivity contribution is 6.02. The summed E-state index contributed by atoms with van der Waals surface area (Å²) in [7, 11) is 2.67. The maximum Gasteiger partial charge on any atom is 0.339 e. The molecule has 0 aromatic heterocycles. The SMILES string of the molecule is COC(=O)c1ccccc1NC(=O)C(CN)OC. The molecule has 0 fully saturated rings. The number of methoxy groups -OCH3 is 2. The number of carbonyl (C=O) groups excluding carboxylic acids is 2. The molecule has 98 valence electrons. The van der Waals surface area contributed by atoms with E-state index in [1.54, 1.807) is 24.3 Å². The van der Waals surface area contributed by atoms with Gasteiger partial charge in [-0.3, -0.25) is 4.79 Å². The average molecular weight is 252 g/mol. The van der Waals surface area contributed by atoms with Crippen molar-refractivity contribution in [2.75, 3.05) is 26.1 Å². The zero-order valence-corrected chi connectivity index (χ0v) is 10.3. The van der Waals surface area contributed by atoms with Gasteiger partial charge in [0.2, 0.25) is 0 Å². The monoisotopic (exact) mass is 252 g/mol. The van der Waals surface area contributed by atoms with E-state index < -0.39 is 18.0 Å².